The van der Waals surface area contributed by atoms with E-state index in [1.165, 1.54) is 0 Å². The highest BCUT2D eigenvalue weighted by Crippen LogP contribution is 2.25. The van der Waals surface area contributed by atoms with Crippen LogP contribution >= 0.6 is 0 Å². The number of carbonyl (C=O) groups excluding carboxylic acids is 1. The van der Waals surface area contributed by atoms with Gasteiger partial charge in [0.05, 0.1) is 17.6 Å². The van der Waals surface area contributed by atoms with Crippen LogP contribution < -0.4 is 5.32 Å². The summed E-state index contributed by atoms with van der Waals surface area (Å²) < 4.78 is 5.51. The molecule has 5 nitrogen and oxygen atoms in total. The maximum Gasteiger partial charge on any atom is 0.252 e. The molecule has 0 saturated carbocycles. The summed E-state index contributed by atoms with van der Waals surface area (Å²) >= 11 is 0. The molecule has 1 unspecified atom stereocenters. The molecule has 2 aromatic rings. The van der Waals surface area contributed by atoms with Crippen molar-refractivity contribution < 1.29 is 9.53 Å². The molecule has 2 heterocycles. The van der Waals surface area contributed by atoms with Gasteiger partial charge < -0.3 is 15.0 Å². The molecule has 1 atom stereocenters. The lowest BCUT2D eigenvalue weighted by Crippen LogP contribution is -2.43. The second-order valence-electron chi connectivity index (χ2n) is 5.07. The number of hydrogen-bond acceptors (Lipinski definition) is 3. The number of H-pyrrole nitrogens is 1. The lowest BCUT2D eigenvalue weighted by molar-refractivity contribution is -0.139. The molecule has 19 heavy (non-hydrogen) atoms. The molecule has 1 saturated heterocycles. The van der Waals surface area contributed by atoms with Gasteiger partial charge in [-0.2, -0.15) is 0 Å². The molecule has 1 aliphatic heterocycles. The second kappa shape index (κ2) is 4.66. The Balaban J connectivity index is 1.67. The Bertz CT molecular complexity index is 567. The molecule has 0 radical (unpaired) electrons. The maximum absolute atomic E-state index is 12.1. The van der Waals surface area contributed by atoms with Crippen LogP contribution in [0, 0.1) is 0 Å². The van der Waals surface area contributed by atoms with Gasteiger partial charge in [0.25, 0.3) is 5.91 Å². The smallest absolute Gasteiger partial charge is 0.252 e. The minimum Gasteiger partial charge on any atom is -0.365 e. The summed E-state index contributed by atoms with van der Waals surface area (Å²) in [4.78, 5) is 19.7. The quantitative estimate of drug-likeness (QED) is 0.882. The number of hydrogen-bond donors (Lipinski definition) is 2. The summed E-state index contributed by atoms with van der Waals surface area (Å²) in [6.07, 6.45) is 1.72. The third-order valence-corrected chi connectivity index (χ3v) is 3.55. The standard InChI is InChI=1S/C14H17N3O2/c1-14(7-4-8-19-14)13(18)15-9-12-16-10-5-2-3-6-11(10)17-12/h2-3,5-6H,4,7-9H2,1H3,(H,15,18)(H,16,17). The fourth-order valence-corrected chi connectivity index (χ4v) is 2.40. The minimum absolute atomic E-state index is 0.0644. The van der Waals surface area contributed by atoms with E-state index < -0.39 is 5.60 Å². The second-order valence-corrected chi connectivity index (χ2v) is 5.07. The van der Waals surface area contributed by atoms with Crippen LogP contribution in [0.1, 0.15) is 25.6 Å². The third kappa shape index (κ3) is 2.33. The number of rotatable bonds is 3. The van der Waals surface area contributed by atoms with Crippen LogP contribution in [0.25, 0.3) is 11.0 Å². The predicted molar refractivity (Wildman–Crippen MR) is 71.5 cm³/mol. The van der Waals surface area contributed by atoms with Gasteiger partial charge in [0.15, 0.2) is 0 Å². The van der Waals surface area contributed by atoms with E-state index in [1.54, 1.807) is 0 Å². The van der Waals surface area contributed by atoms with E-state index in [1.807, 2.05) is 31.2 Å². The number of carbonyl (C=O) groups is 1. The van der Waals surface area contributed by atoms with Gasteiger partial charge in [-0.25, -0.2) is 4.98 Å². The fourth-order valence-electron chi connectivity index (χ4n) is 2.40. The molecule has 2 N–H and O–H groups in total. The Morgan fingerprint density at radius 2 is 2.37 bits per heavy atom. The van der Waals surface area contributed by atoms with Gasteiger partial charge in [-0.1, -0.05) is 12.1 Å². The number of aromatic amines is 1. The van der Waals surface area contributed by atoms with E-state index in [4.69, 9.17) is 4.74 Å². The summed E-state index contributed by atoms with van der Waals surface area (Å²) in [5, 5.41) is 2.88. The van der Waals surface area contributed by atoms with Crippen molar-refractivity contribution in [3.8, 4) is 0 Å². The molecule has 1 aromatic carbocycles. The molecule has 3 rings (SSSR count). The number of nitrogens with zero attached hydrogens (tertiary/aromatic N) is 1. The first kappa shape index (κ1) is 12.2. The number of amides is 1. The van der Waals surface area contributed by atoms with Crippen molar-refractivity contribution in [3.63, 3.8) is 0 Å². The molecule has 0 bridgehead atoms. The van der Waals surface area contributed by atoms with E-state index >= 15 is 0 Å². The zero-order valence-electron chi connectivity index (χ0n) is 10.9. The van der Waals surface area contributed by atoms with E-state index in [-0.39, 0.29) is 5.91 Å². The SMILES string of the molecule is CC1(C(=O)NCc2nc3ccccc3[nH]2)CCCO1. The maximum atomic E-state index is 12.1. The summed E-state index contributed by atoms with van der Waals surface area (Å²) in [6, 6.07) is 7.81. The first-order valence-electron chi connectivity index (χ1n) is 6.53. The van der Waals surface area contributed by atoms with Crippen molar-refractivity contribution in [3.05, 3.63) is 30.1 Å². The van der Waals surface area contributed by atoms with E-state index in [0.29, 0.717) is 13.2 Å². The van der Waals surface area contributed by atoms with Crippen molar-refractivity contribution in [1.29, 1.82) is 0 Å². The zero-order chi connectivity index (χ0) is 13.3. The summed E-state index contributed by atoms with van der Waals surface area (Å²) in [5.74, 6) is 0.696. The number of imidazole rings is 1. The average molecular weight is 259 g/mol. The molecule has 0 spiro atoms. The molecule has 1 aromatic heterocycles. The highest BCUT2D eigenvalue weighted by Gasteiger charge is 2.37. The first-order valence-corrected chi connectivity index (χ1v) is 6.53. The Morgan fingerprint density at radius 3 is 3.11 bits per heavy atom. The highest BCUT2D eigenvalue weighted by atomic mass is 16.5. The van der Waals surface area contributed by atoms with Crippen molar-refractivity contribution >= 4 is 16.9 Å². The van der Waals surface area contributed by atoms with Crippen LogP contribution in [-0.2, 0) is 16.1 Å². The molecule has 1 aliphatic rings. The van der Waals surface area contributed by atoms with Crippen LogP contribution in [0.3, 0.4) is 0 Å². The number of ether oxygens (including phenoxy) is 1. The fraction of sp³-hybridized carbons (Fsp3) is 0.429. The number of para-hydroxylation sites is 2. The van der Waals surface area contributed by atoms with Gasteiger partial charge in [0.2, 0.25) is 0 Å². The topological polar surface area (TPSA) is 67.0 Å². The minimum atomic E-state index is -0.675. The highest BCUT2D eigenvalue weighted by molar-refractivity contribution is 5.85. The monoisotopic (exact) mass is 259 g/mol. The average Bonchev–Trinajstić information content (AvgIpc) is 3.02. The number of nitrogens with one attached hydrogen (secondary N) is 2. The normalized spacial score (nSPS) is 22.8. The van der Waals surface area contributed by atoms with Gasteiger partial charge in [0.1, 0.15) is 11.4 Å². The Kier molecular flexibility index (Phi) is 2.98. The molecular weight excluding hydrogens is 242 g/mol. The third-order valence-electron chi connectivity index (χ3n) is 3.55. The van der Waals surface area contributed by atoms with Crippen LogP contribution in [-0.4, -0.2) is 28.1 Å². The molecule has 1 amide bonds. The van der Waals surface area contributed by atoms with E-state index in [9.17, 15) is 4.79 Å². The lowest BCUT2D eigenvalue weighted by Gasteiger charge is -2.21. The van der Waals surface area contributed by atoms with Gasteiger partial charge >= 0.3 is 0 Å². The van der Waals surface area contributed by atoms with Gasteiger partial charge in [-0.3, -0.25) is 4.79 Å². The first-order chi connectivity index (χ1) is 9.17. The Labute approximate surface area is 111 Å². The molecule has 0 aliphatic carbocycles. The summed E-state index contributed by atoms with van der Waals surface area (Å²) in [7, 11) is 0. The van der Waals surface area contributed by atoms with E-state index in [2.05, 4.69) is 15.3 Å². The Hall–Kier alpha value is -1.88. The number of aromatic nitrogens is 2. The van der Waals surface area contributed by atoms with Crippen LogP contribution in [0.4, 0.5) is 0 Å². The number of benzene rings is 1. The zero-order valence-corrected chi connectivity index (χ0v) is 10.9. The largest absolute Gasteiger partial charge is 0.365 e. The van der Waals surface area contributed by atoms with Crippen molar-refractivity contribution in [2.75, 3.05) is 6.61 Å². The number of fused-ring (bicyclic) bond motifs is 1. The molecule has 100 valence electrons. The Morgan fingerprint density at radius 1 is 1.53 bits per heavy atom. The van der Waals surface area contributed by atoms with Crippen LogP contribution in [0.2, 0.25) is 0 Å². The molecule has 5 heteroatoms. The molecule has 1 fully saturated rings. The van der Waals surface area contributed by atoms with Crippen molar-refractivity contribution in [2.24, 2.45) is 0 Å². The van der Waals surface area contributed by atoms with Crippen molar-refractivity contribution in [1.82, 2.24) is 15.3 Å². The summed E-state index contributed by atoms with van der Waals surface area (Å²) in [5.41, 5.74) is 1.22. The predicted octanol–water partition coefficient (Wildman–Crippen LogP) is 1.75. The van der Waals surface area contributed by atoms with Gasteiger partial charge in [-0.05, 0) is 31.9 Å². The van der Waals surface area contributed by atoms with Crippen LogP contribution in [0.15, 0.2) is 24.3 Å². The van der Waals surface area contributed by atoms with E-state index in [0.717, 1.165) is 29.7 Å². The van der Waals surface area contributed by atoms with Crippen LogP contribution in [0.5, 0.6) is 0 Å². The van der Waals surface area contributed by atoms with Gasteiger partial charge in [-0.15, -0.1) is 0 Å². The molecular formula is C14H17N3O2. The van der Waals surface area contributed by atoms with Gasteiger partial charge in [0, 0.05) is 6.61 Å². The summed E-state index contributed by atoms with van der Waals surface area (Å²) in [6.45, 7) is 2.90. The lowest BCUT2D eigenvalue weighted by atomic mass is 10.0. The van der Waals surface area contributed by atoms with Crippen molar-refractivity contribution in [2.45, 2.75) is 31.9 Å².